The van der Waals surface area contributed by atoms with Gasteiger partial charge in [-0.25, -0.2) is 0 Å². The number of fused-ring (bicyclic) bond motifs is 1. The summed E-state index contributed by atoms with van der Waals surface area (Å²) in [7, 11) is 6.21. The van der Waals surface area contributed by atoms with E-state index in [1.807, 2.05) is 18.2 Å². The first kappa shape index (κ1) is 18.4. The summed E-state index contributed by atoms with van der Waals surface area (Å²) < 4.78 is 21.5. The van der Waals surface area contributed by atoms with Gasteiger partial charge in [-0.3, -0.25) is 4.79 Å². The molecule has 0 spiro atoms. The Bertz CT molecular complexity index is 992. The molecule has 0 atom stereocenters. The summed E-state index contributed by atoms with van der Waals surface area (Å²) in [6.45, 7) is 0. The summed E-state index contributed by atoms with van der Waals surface area (Å²) in [4.78, 5) is 14.8. The fourth-order valence-corrected chi connectivity index (χ4v) is 3.14. The first-order valence-corrected chi connectivity index (χ1v) is 8.23. The van der Waals surface area contributed by atoms with Crippen LogP contribution in [0.4, 0.5) is 0 Å². The van der Waals surface area contributed by atoms with Gasteiger partial charge in [0.2, 0.25) is 0 Å². The lowest BCUT2D eigenvalue weighted by Gasteiger charge is -2.14. The van der Waals surface area contributed by atoms with Crippen molar-refractivity contribution in [1.82, 2.24) is 4.98 Å². The number of ether oxygens (including phenoxy) is 4. The molecule has 142 valence electrons. The van der Waals surface area contributed by atoms with Crippen LogP contribution in [0.1, 0.15) is 5.56 Å². The van der Waals surface area contributed by atoms with Crippen LogP contribution in [0, 0.1) is 0 Å². The van der Waals surface area contributed by atoms with Crippen LogP contribution in [-0.4, -0.2) is 44.5 Å². The molecule has 27 heavy (non-hydrogen) atoms. The molecule has 0 fully saturated rings. The number of H-pyrrole nitrogens is 1. The van der Waals surface area contributed by atoms with E-state index < -0.39 is 5.97 Å². The molecule has 2 aromatic carbocycles. The lowest BCUT2D eigenvalue weighted by molar-refractivity contribution is -0.136. The highest BCUT2D eigenvalue weighted by molar-refractivity contribution is 5.95. The van der Waals surface area contributed by atoms with Crippen molar-refractivity contribution in [2.24, 2.45) is 0 Å². The van der Waals surface area contributed by atoms with E-state index in [1.54, 1.807) is 40.6 Å². The van der Waals surface area contributed by atoms with Crippen molar-refractivity contribution < 1.29 is 28.8 Å². The Balaban J connectivity index is 2.31. The normalized spacial score (nSPS) is 10.7. The highest BCUT2D eigenvalue weighted by atomic mass is 16.5. The number of methoxy groups -OCH3 is 4. The molecule has 0 radical (unpaired) electrons. The zero-order chi connectivity index (χ0) is 19.6. The van der Waals surface area contributed by atoms with Gasteiger partial charge >= 0.3 is 5.97 Å². The fraction of sp³-hybridized carbons (Fsp3) is 0.250. The van der Waals surface area contributed by atoms with Crippen molar-refractivity contribution in [3.05, 3.63) is 35.9 Å². The number of carboxylic acids is 1. The van der Waals surface area contributed by atoms with Gasteiger partial charge in [-0.15, -0.1) is 0 Å². The van der Waals surface area contributed by atoms with Crippen LogP contribution in [-0.2, 0) is 11.2 Å². The second-order valence-electron chi connectivity index (χ2n) is 5.87. The molecule has 0 aliphatic rings. The molecular formula is C20H21NO6. The van der Waals surface area contributed by atoms with Crippen LogP contribution >= 0.6 is 0 Å². The van der Waals surface area contributed by atoms with E-state index in [-0.39, 0.29) is 6.42 Å². The number of rotatable bonds is 7. The van der Waals surface area contributed by atoms with Gasteiger partial charge in [0.25, 0.3) is 0 Å². The topological polar surface area (TPSA) is 90.0 Å². The second-order valence-corrected chi connectivity index (χ2v) is 5.87. The molecular weight excluding hydrogens is 350 g/mol. The quantitative estimate of drug-likeness (QED) is 0.661. The van der Waals surface area contributed by atoms with E-state index in [9.17, 15) is 9.90 Å². The van der Waals surface area contributed by atoms with Crippen LogP contribution in [0.25, 0.3) is 22.2 Å². The highest BCUT2D eigenvalue weighted by Crippen LogP contribution is 2.42. The Morgan fingerprint density at radius 3 is 2.19 bits per heavy atom. The number of nitrogens with one attached hydrogen (secondary N) is 1. The molecule has 0 saturated heterocycles. The first-order valence-electron chi connectivity index (χ1n) is 8.23. The number of carbonyl (C=O) groups is 1. The molecule has 7 heteroatoms. The average molecular weight is 371 g/mol. The molecule has 0 aliphatic heterocycles. The van der Waals surface area contributed by atoms with E-state index >= 15 is 0 Å². The molecule has 1 aromatic heterocycles. The van der Waals surface area contributed by atoms with E-state index in [2.05, 4.69) is 4.98 Å². The second kappa shape index (κ2) is 7.49. The van der Waals surface area contributed by atoms with Crippen molar-refractivity contribution in [2.75, 3.05) is 28.4 Å². The molecule has 0 bridgehead atoms. The molecule has 0 unspecified atom stereocenters. The standard InChI is InChI=1S/C20H21NO6/c1-24-11-5-6-15-12(7-11)13(9-19(22)23)20(21-15)14-8-17(26-3)18(27-4)10-16(14)25-2/h5-8,10,21H,9H2,1-4H3,(H,22,23). The molecule has 3 aromatic rings. The van der Waals surface area contributed by atoms with E-state index in [1.165, 1.54) is 0 Å². The van der Waals surface area contributed by atoms with Gasteiger partial charge in [0, 0.05) is 22.5 Å². The zero-order valence-electron chi connectivity index (χ0n) is 15.6. The lowest BCUT2D eigenvalue weighted by Crippen LogP contribution is -2.02. The van der Waals surface area contributed by atoms with E-state index in [0.717, 1.165) is 10.9 Å². The Hall–Kier alpha value is -3.35. The highest BCUT2D eigenvalue weighted by Gasteiger charge is 2.21. The Labute approximate surface area is 156 Å². The van der Waals surface area contributed by atoms with Crippen molar-refractivity contribution in [3.8, 4) is 34.3 Å². The largest absolute Gasteiger partial charge is 0.497 e. The van der Waals surface area contributed by atoms with Gasteiger partial charge < -0.3 is 29.0 Å². The summed E-state index contributed by atoms with van der Waals surface area (Å²) in [6, 6.07) is 8.98. The van der Waals surface area contributed by atoms with Crippen molar-refractivity contribution in [1.29, 1.82) is 0 Å². The molecule has 3 rings (SSSR count). The van der Waals surface area contributed by atoms with Gasteiger partial charge in [0.05, 0.1) is 40.6 Å². The minimum absolute atomic E-state index is 0.153. The molecule has 1 heterocycles. The molecule has 0 amide bonds. The van der Waals surface area contributed by atoms with Crippen LogP contribution in [0.5, 0.6) is 23.0 Å². The Morgan fingerprint density at radius 1 is 0.926 bits per heavy atom. The third-order valence-corrected chi connectivity index (χ3v) is 4.42. The van der Waals surface area contributed by atoms with Gasteiger partial charge in [-0.2, -0.15) is 0 Å². The number of benzene rings is 2. The maximum Gasteiger partial charge on any atom is 0.307 e. The van der Waals surface area contributed by atoms with Gasteiger partial charge in [-0.1, -0.05) is 0 Å². The van der Waals surface area contributed by atoms with Crippen LogP contribution < -0.4 is 18.9 Å². The number of aromatic amines is 1. The number of hydrogen-bond acceptors (Lipinski definition) is 5. The summed E-state index contributed by atoms with van der Waals surface area (Å²) in [6.07, 6.45) is -0.153. The Morgan fingerprint density at radius 2 is 1.59 bits per heavy atom. The third kappa shape index (κ3) is 3.36. The predicted octanol–water partition coefficient (Wildman–Crippen LogP) is 3.50. The van der Waals surface area contributed by atoms with Crippen molar-refractivity contribution in [3.63, 3.8) is 0 Å². The Kier molecular flexibility index (Phi) is 5.12. The maximum atomic E-state index is 11.5. The van der Waals surface area contributed by atoms with Crippen molar-refractivity contribution in [2.45, 2.75) is 6.42 Å². The van der Waals surface area contributed by atoms with Gasteiger partial charge in [0.15, 0.2) is 11.5 Å². The summed E-state index contributed by atoms with van der Waals surface area (Å²) in [5.41, 5.74) is 2.78. The average Bonchev–Trinajstić information content (AvgIpc) is 3.03. The van der Waals surface area contributed by atoms with E-state index in [0.29, 0.717) is 39.8 Å². The predicted molar refractivity (Wildman–Crippen MR) is 101 cm³/mol. The number of hydrogen-bond donors (Lipinski definition) is 2. The molecule has 0 saturated carbocycles. The SMILES string of the molecule is COc1ccc2[nH]c(-c3cc(OC)c(OC)cc3OC)c(CC(=O)O)c2c1. The van der Waals surface area contributed by atoms with Gasteiger partial charge in [0.1, 0.15) is 11.5 Å². The van der Waals surface area contributed by atoms with Gasteiger partial charge in [-0.05, 0) is 29.8 Å². The number of aliphatic carboxylic acids is 1. The summed E-state index contributed by atoms with van der Waals surface area (Å²) >= 11 is 0. The fourth-order valence-electron chi connectivity index (χ4n) is 3.14. The molecule has 7 nitrogen and oxygen atoms in total. The first-order chi connectivity index (χ1) is 13.0. The minimum atomic E-state index is -0.931. The molecule has 0 aliphatic carbocycles. The zero-order valence-corrected chi connectivity index (χ0v) is 15.6. The lowest BCUT2D eigenvalue weighted by atomic mass is 10.0. The van der Waals surface area contributed by atoms with Crippen LogP contribution in [0.3, 0.4) is 0 Å². The number of aromatic nitrogens is 1. The summed E-state index contributed by atoms with van der Waals surface area (Å²) in [5.74, 6) is 1.30. The van der Waals surface area contributed by atoms with E-state index in [4.69, 9.17) is 18.9 Å². The monoisotopic (exact) mass is 371 g/mol. The molecule has 2 N–H and O–H groups in total. The van der Waals surface area contributed by atoms with Crippen LogP contribution in [0.15, 0.2) is 30.3 Å². The third-order valence-electron chi connectivity index (χ3n) is 4.42. The van der Waals surface area contributed by atoms with Crippen LogP contribution in [0.2, 0.25) is 0 Å². The summed E-state index contributed by atoms with van der Waals surface area (Å²) in [5, 5.41) is 10.2. The number of carboxylic acid groups (broad SMARTS) is 1. The minimum Gasteiger partial charge on any atom is -0.497 e. The van der Waals surface area contributed by atoms with Crippen molar-refractivity contribution >= 4 is 16.9 Å². The smallest absolute Gasteiger partial charge is 0.307 e. The maximum absolute atomic E-state index is 11.5.